The van der Waals surface area contributed by atoms with E-state index < -0.39 is 0 Å². The molecule has 1 fully saturated rings. The fraction of sp³-hybridized carbons (Fsp3) is 1.00. The molecule has 0 aromatic carbocycles. The third-order valence-corrected chi connectivity index (χ3v) is 2.21. The summed E-state index contributed by atoms with van der Waals surface area (Å²) in [6.07, 6.45) is -0.323. The van der Waals surface area contributed by atoms with Crippen LogP contribution in [0.1, 0.15) is 0 Å². The first-order valence-electron chi connectivity index (χ1n) is 5.14. The third kappa shape index (κ3) is 4.85. The van der Waals surface area contributed by atoms with Crippen molar-refractivity contribution < 1.29 is 5.21 Å². The first-order chi connectivity index (χ1) is 6.80. The van der Waals surface area contributed by atoms with Crippen molar-refractivity contribution in [3.8, 4) is 0 Å². The van der Waals surface area contributed by atoms with Gasteiger partial charge in [-0.25, -0.2) is 0 Å². The van der Waals surface area contributed by atoms with Gasteiger partial charge in [-0.3, -0.25) is 0 Å². The van der Waals surface area contributed by atoms with Gasteiger partial charge in [0, 0.05) is 45.8 Å². The molecule has 1 atom stereocenters. The molecule has 6 N–H and O–H groups in total. The van der Waals surface area contributed by atoms with Gasteiger partial charge in [0.2, 0.25) is 0 Å². The lowest BCUT2D eigenvalue weighted by atomic mass is 10.4. The summed E-state index contributed by atoms with van der Waals surface area (Å²) in [4.78, 5) is 0. The second kappa shape index (κ2) is 7.10. The number of hydrogen-bond donors (Lipinski definition) is 5. The van der Waals surface area contributed by atoms with Crippen LogP contribution < -0.4 is 21.7 Å². The average Bonchev–Trinajstić information content (AvgIpc) is 2.18. The van der Waals surface area contributed by atoms with Gasteiger partial charge in [0.15, 0.2) is 0 Å². The van der Waals surface area contributed by atoms with Crippen molar-refractivity contribution >= 4 is 0 Å². The minimum Gasteiger partial charge on any atom is -0.314 e. The predicted octanol–water partition coefficient (Wildman–Crippen LogP) is -2.26. The van der Waals surface area contributed by atoms with Crippen LogP contribution in [0.5, 0.6) is 0 Å². The second-order valence-electron chi connectivity index (χ2n) is 3.43. The molecule has 1 heterocycles. The van der Waals surface area contributed by atoms with E-state index in [2.05, 4.69) is 16.0 Å². The lowest BCUT2D eigenvalue weighted by Crippen LogP contribution is -2.50. The van der Waals surface area contributed by atoms with Gasteiger partial charge in [0.05, 0.1) is 6.17 Å². The molecule has 6 nitrogen and oxygen atoms in total. The topological polar surface area (TPSA) is 85.6 Å². The van der Waals surface area contributed by atoms with Crippen molar-refractivity contribution in [1.29, 1.82) is 0 Å². The van der Waals surface area contributed by atoms with E-state index in [1.807, 2.05) is 0 Å². The molecule has 0 aromatic heterocycles. The smallest absolute Gasteiger partial charge is 0.0942 e. The Morgan fingerprint density at radius 2 is 1.57 bits per heavy atom. The highest BCUT2D eigenvalue weighted by Crippen LogP contribution is 1.85. The standard InChI is InChI=1S/C8H21N5O/c9-8-7-12-4-3-10-1-2-11-5-6-13(8)14/h8,10-12,14H,1-7,9H2. The summed E-state index contributed by atoms with van der Waals surface area (Å²) in [5.41, 5.74) is 5.72. The summed E-state index contributed by atoms with van der Waals surface area (Å²) >= 11 is 0. The fourth-order valence-electron chi connectivity index (χ4n) is 1.32. The normalized spacial score (nSPS) is 29.1. The molecule has 0 amide bonds. The van der Waals surface area contributed by atoms with Crippen molar-refractivity contribution in [2.75, 3.05) is 45.8 Å². The van der Waals surface area contributed by atoms with Crippen LogP contribution in [0.25, 0.3) is 0 Å². The lowest BCUT2D eigenvalue weighted by Gasteiger charge is -2.23. The van der Waals surface area contributed by atoms with E-state index in [4.69, 9.17) is 5.73 Å². The fourth-order valence-corrected chi connectivity index (χ4v) is 1.32. The highest BCUT2D eigenvalue weighted by molar-refractivity contribution is 4.65. The molecule has 1 aliphatic heterocycles. The molecule has 0 saturated carbocycles. The van der Waals surface area contributed by atoms with Crippen LogP contribution in [-0.4, -0.2) is 62.2 Å². The summed E-state index contributed by atoms with van der Waals surface area (Å²) in [5.74, 6) is 0. The van der Waals surface area contributed by atoms with Crippen LogP contribution >= 0.6 is 0 Å². The van der Waals surface area contributed by atoms with Gasteiger partial charge in [-0.2, -0.15) is 5.06 Å². The molecule has 1 aliphatic rings. The monoisotopic (exact) mass is 203 g/mol. The Bertz CT molecular complexity index is 130. The zero-order valence-corrected chi connectivity index (χ0v) is 8.50. The zero-order chi connectivity index (χ0) is 10.2. The SMILES string of the molecule is NC1CNCCNCCNCCN1O. The highest BCUT2D eigenvalue weighted by atomic mass is 16.5. The van der Waals surface area contributed by atoms with Crippen LogP contribution in [0.4, 0.5) is 0 Å². The average molecular weight is 203 g/mol. The molecule has 0 radical (unpaired) electrons. The molecule has 84 valence electrons. The number of hydrogen-bond acceptors (Lipinski definition) is 6. The van der Waals surface area contributed by atoms with Gasteiger partial charge in [-0.05, 0) is 0 Å². The molecular formula is C8H21N5O. The Kier molecular flexibility index (Phi) is 6.00. The van der Waals surface area contributed by atoms with Gasteiger partial charge in [-0.1, -0.05) is 0 Å². The van der Waals surface area contributed by atoms with E-state index in [9.17, 15) is 5.21 Å². The van der Waals surface area contributed by atoms with Crippen LogP contribution in [0, 0.1) is 0 Å². The maximum Gasteiger partial charge on any atom is 0.0942 e. The summed E-state index contributed by atoms with van der Waals surface area (Å²) in [6.45, 7) is 5.61. The number of nitrogens with two attached hydrogens (primary N) is 1. The van der Waals surface area contributed by atoms with Gasteiger partial charge in [0.25, 0.3) is 0 Å². The Morgan fingerprint density at radius 1 is 1.00 bits per heavy atom. The van der Waals surface area contributed by atoms with Crippen LogP contribution in [0.15, 0.2) is 0 Å². The molecular weight excluding hydrogens is 182 g/mol. The van der Waals surface area contributed by atoms with Crippen LogP contribution in [0.2, 0.25) is 0 Å². The number of nitrogens with zero attached hydrogens (tertiary/aromatic N) is 1. The number of rotatable bonds is 0. The van der Waals surface area contributed by atoms with Crippen LogP contribution in [0.3, 0.4) is 0 Å². The first-order valence-corrected chi connectivity index (χ1v) is 5.14. The largest absolute Gasteiger partial charge is 0.314 e. The van der Waals surface area contributed by atoms with Gasteiger partial charge < -0.3 is 26.9 Å². The minimum atomic E-state index is -0.323. The van der Waals surface area contributed by atoms with E-state index in [0.717, 1.165) is 32.7 Å². The van der Waals surface area contributed by atoms with Crippen LogP contribution in [-0.2, 0) is 0 Å². The molecule has 1 saturated heterocycles. The van der Waals surface area contributed by atoms with Crippen molar-refractivity contribution in [2.45, 2.75) is 6.17 Å². The first kappa shape index (κ1) is 11.8. The van der Waals surface area contributed by atoms with Crippen molar-refractivity contribution in [3.05, 3.63) is 0 Å². The summed E-state index contributed by atoms with van der Waals surface area (Å²) in [5, 5.41) is 20.3. The van der Waals surface area contributed by atoms with E-state index in [-0.39, 0.29) is 6.17 Å². The Labute approximate surface area is 84.8 Å². The Hall–Kier alpha value is -0.240. The van der Waals surface area contributed by atoms with Crippen molar-refractivity contribution in [2.24, 2.45) is 5.73 Å². The molecule has 0 aromatic rings. The van der Waals surface area contributed by atoms with Crippen molar-refractivity contribution in [3.63, 3.8) is 0 Å². The molecule has 0 bridgehead atoms. The number of nitrogens with one attached hydrogen (secondary N) is 3. The molecule has 1 rings (SSSR count). The van der Waals surface area contributed by atoms with Gasteiger partial charge in [-0.15, -0.1) is 0 Å². The minimum absolute atomic E-state index is 0.323. The quantitative estimate of drug-likeness (QED) is 0.306. The predicted molar refractivity (Wildman–Crippen MR) is 55.1 cm³/mol. The zero-order valence-electron chi connectivity index (χ0n) is 8.50. The molecule has 14 heavy (non-hydrogen) atoms. The van der Waals surface area contributed by atoms with E-state index in [1.165, 1.54) is 5.06 Å². The van der Waals surface area contributed by atoms with E-state index >= 15 is 0 Å². The maximum absolute atomic E-state index is 9.47. The van der Waals surface area contributed by atoms with E-state index in [0.29, 0.717) is 13.1 Å². The van der Waals surface area contributed by atoms with Crippen molar-refractivity contribution in [1.82, 2.24) is 21.0 Å². The summed E-state index contributed by atoms with van der Waals surface area (Å²) < 4.78 is 0. The Balaban J connectivity index is 2.23. The van der Waals surface area contributed by atoms with Gasteiger partial charge in [0.1, 0.15) is 0 Å². The third-order valence-electron chi connectivity index (χ3n) is 2.21. The highest BCUT2D eigenvalue weighted by Gasteiger charge is 2.10. The lowest BCUT2D eigenvalue weighted by molar-refractivity contribution is -0.122. The molecule has 0 spiro atoms. The van der Waals surface area contributed by atoms with Gasteiger partial charge >= 0.3 is 0 Å². The molecule has 6 heteroatoms. The summed E-state index contributed by atoms with van der Waals surface area (Å²) in [6, 6.07) is 0. The second-order valence-corrected chi connectivity index (χ2v) is 3.43. The Morgan fingerprint density at radius 3 is 2.29 bits per heavy atom. The number of hydroxylamine groups is 2. The molecule has 0 aliphatic carbocycles. The van der Waals surface area contributed by atoms with E-state index in [1.54, 1.807) is 0 Å². The molecule has 1 unspecified atom stereocenters. The summed E-state index contributed by atoms with van der Waals surface area (Å²) in [7, 11) is 0. The maximum atomic E-state index is 9.47.